The van der Waals surface area contributed by atoms with Crippen LogP contribution < -0.4 is 0 Å². The molecule has 5 atom stereocenters. The minimum atomic E-state index is -1.54. The van der Waals surface area contributed by atoms with Crippen LogP contribution in [0.4, 0.5) is 0 Å². The molecule has 1 heterocycles. The van der Waals surface area contributed by atoms with E-state index in [0.29, 0.717) is 5.56 Å². The van der Waals surface area contributed by atoms with E-state index in [0.717, 1.165) is 5.56 Å². The Morgan fingerprint density at radius 3 is 2.24 bits per heavy atom. The smallest absolute Gasteiger partial charge is 0.338 e. The normalized spacial score (nSPS) is 26.5. The fourth-order valence-electron chi connectivity index (χ4n) is 3.28. The number of rotatable bonds is 6. The second-order valence-corrected chi connectivity index (χ2v) is 6.83. The molecule has 1 aliphatic heterocycles. The standard InChI is InChI=1S/C22H24O7/c1-14-17(27-13-15-9-5-3-6-10-15)19(22(25)28-18(14)21(24)26-2)29-20(23)16-11-7-4-8-12-16/h3-12,14,17-19,22,25H,13H2,1-2H3/t14-,17+,18?,19?,22?/m0/s1. The monoisotopic (exact) mass is 400 g/mol. The third-order valence-electron chi connectivity index (χ3n) is 4.86. The lowest BCUT2D eigenvalue weighted by molar-refractivity contribution is -0.274. The van der Waals surface area contributed by atoms with Gasteiger partial charge in [-0.2, -0.15) is 0 Å². The Morgan fingerprint density at radius 2 is 1.62 bits per heavy atom. The Labute approximate surface area is 169 Å². The average Bonchev–Trinajstić information content (AvgIpc) is 2.76. The number of aliphatic hydroxyl groups is 1. The summed E-state index contributed by atoms with van der Waals surface area (Å²) in [5.41, 5.74) is 1.24. The number of benzene rings is 2. The first-order chi connectivity index (χ1) is 14.0. The zero-order chi connectivity index (χ0) is 20.8. The molecule has 1 aliphatic rings. The SMILES string of the molecule is COC(=O)C1OC(O)C(OC(=O)c2ccccc2)[C@H](OCc2ccccc2)[C@@H]1C. The molecule has 7 nitrogen and oxygen atoms in total. The van der Waals surface area contributed by atoms with Gasteiger partial charge < -0.3 is 24.1 Å². The molecule has 0 spiro atoms. The second kappa shape index (κ2) is 9.65. The van der Waals surface area contributed by atoms with Gasteiger partial charge in [-0.3, -0.25) is 0 Å². The molecule has 0 bridgehead atoms. The van der Waals surface area contributed by atoms with Crippen LogP contribution in [-0.2, 0) is 30.3 Å². The number of carbonyl (C=O) groups excluding carboxylic acids is 2. The van der Waals surface area contributed by atoms with E-state index in [1.54, 1.807) is 37.3 Å². The van der Waals surface area contributed by atoms with Gasteiger partial charge in [0.05, 0.1) is 19.3 Å². The highest BCUT2D eigenvalue weighted by molar-refractivity contribution is 5.89. The zero-order valence-corrected chi connectivity index (χ0v) is 16.3. The van der Waals surface area contributed by atoms with Crippen LogP contribution in [0.1, 0.15) is 22.8 Å². The van der Waals surface area contributed by atoms with Gasteiger partial charge in [0.25, 0.3) is 0 Å². The van der Waals surface area contributed by atoms with Crippen molar-refractivity contribution in [2.75, 3.05) is 7.11 Å². The average molecular weight is 400 g/mol. The van der Waals surface area contributed by atoms with Crippen LogP contribution >= 0.6 is 0 Å². The first-order valence-electron chi connectivity index (χ1n) is 9.34. The third kappa shape index (κ3) is 5.00. The van der Waals surface area contributed by atoms with E-state index in [1.807, 2.05) is 30.3 Å². The van der Waals surface area contributed by atoms with Crippen molar-refractivity contribution in [3.63, 3.8) is 0 Å². The largest absolute Gasteiger partial charge is 0.467 e. The Hall–Kier alpha value is -2.74. The van der Waals surface area contributed by atoms with E-state index < -0.39 is 42.5 Å². The topological polar surface area (TPSA) is 91.3 Å². The lowest BCUT2D eigenvalue weighted by Crippen LogP contribution is -2.58. The predicted molar refractivity (Wildman–Crippen MR) is 103 cm³/mol. The number of carbonyl (C=O) groups is 2. The van der Waals surface area contributed by atoms with Gasteiger partial charge >= 0.3 is 11.9 Å². The Kier molecular flexibility index (Phi) is 6.98. The van der Waals surface area contributed by atoms with Gasteiger partial charge in [0.2, 0.25) is 0 Å². The lowest BCUT2D eigenvalue weighted by Gasteiger charge is -2.41. The maximum atomic E-state index is 12.5. The molecule has 3 unspecified atom stereocenters. The summed E-state index contributed by atoms with van der Waals surface area (Å²) in [6.45, 7) is 1.95. The van der Waals surface area contributed by atoms with Crippen LogP contribution in [0.2, 0.25) is 0 Å². The maximum absolute atomic E-state index is 12.5. The van der Waals surface area contributed by atoms with E-state index in [2.05, 4.69) is 0 Å². The fraction of sp³-hybridized carbons (Fsp3) is 0.364. The highest BCUT2D eigenvalue weighted by atomic mass is 16.7. The van der Waals surface area contributed by atoms with Crippen molar-refractivity contribution in [3.8, 4) is 0 Å². The Bertz CT molecular complexity index is 808. The molecule has 154 valence electrons. The van der Waals surface area contributed by atoms with Crippen molar-refractivity contribution in [1.82, 2.24) is 0 Å². The molecule has 2 aromatic carbocycles. The summed E-state index contributed by atoms with van der Waals surface area (Å²) in [6, 6.07) is 17.9. The number of esters is 2. The summed E-state index contributed by atoms with van der Waals surface area (Å²) >= 11 is 0. The molecule has 0 amide bonds. The zero-order valence-electron chi connectivity index (χ0n) is 16.3. The second-order valence-electron chi connectivity index (χ2n) is 6.83. The molecular formula is C22H24O7. The van der Waals surface area contributed by atoms with E-state index >= 15 is 0 Å². The van der Waals surface area contributed by atoms with Crippen LogP contribution in [0.25, 0.3) is 0 Å². The van der Waals surface area contributed by atoms with Crippen molar-refractivity contribution in [2.24, 2.45) is 5.92 Å². The van der Waals surface area contributed by atoms with Crippen molar-refractivity contribution in [1.29, 1.82) is 0 Å². The van der Waals surface area contributed by atoms with E-state index in [4.69, 9.17) is 18.9 Å². The molecule has 0 saturated carbocycles. The van der Waals surface area contributed by atoms with Gasteiger partial charge in [0, 0.05) is 5.92 Å². The van der Waals surface area contributed by atoms with Crippen molar-refractivity contribution >= 4 is 11.9 Å². The highest BCUT2D eigenvalue weighted by Gasteiger charge is 2.49. The lowest BCUT2D eigenvalue weighted by atomic mass is 9.90. The van der Waals surface area contributed by atoms with Gasteiger partial charge in [0.15, 0.2) is 18.5 Å². The third-order valence-corrected chi connectivity index (χ3v) is 4.86. The minimum Gasteiger partial charge on any atom is -0.467 e. The van der Waals surface area contributed by atoms with Gasteiger partial charge in [0.1, 0.15) is 6.10 Å². The first kappa shape index (κ1) is 21.0. The van der Waals surface area contributed by atoms with E-state index in [1.165, 1.54) is 7.11 Å². The molecule has 2 aromatic rings. The summed E-state index contributed by atoms with van der Waals surface area (Å²) in [5.74, 6) is -1.77. The molecule has 1 fully saturated rings. The predicted octanol–water partition coefficient (Wildman–Crippen LogP) is 2.32. The number of ether oxygens (including phenoxy) is 4. The molecule has 7 heteroatoms. The van der Waals surface area contributed by atoms with Crippen molar-refractivity contribution in [2.45, 2.75) is 38.1 Å². The number of methoxy groups -OCH3 is 1. The van der Waals surface area contributed by atoms with Crippen LogP contribution in [0, 0.1) is 5.92 Å². The summed E-state index contributed by atoms with van der Waals surface area (Å²) in [4.78, 5) is 24.6. The van der Waals surface area contributed by atoms with Crippen LogP contribution in [0.15, 0.2) is 60.7 Å². The molecule has 29 heavy (non-hydrogen) atoms. The Morgan fingerprint density at radius 1 is 1.00 bits per heavy atom. The van der Waals surface area contributed by atoms with Crippen molar-refractivity contribution in [3.05, 3.63) is 71.8 Å². The molecule has 1 N–H and O–H groups in total. The van der Waals surface area contributed by atoms with Crippen molar-refractivity contribution < 1.29 is 33.6 Å². The van der Waals surface area contributed by atoms with Crippen LogP contribution in [0.5, 0.6) is 0 Å². The van der Waals surface area contributed by atoms with Gasteiger partial charge in [-0.1, -0.05) is 55.5 Å². The van der Waals surface area contributed by atoms with E-state index in [-0.39, 0.29) is 6.61 Å². The summed E-state index contributed by atoms with van der Waals surface area (Å²) in [5, 5.41) is 10.5. The fourth-order valence-corrected chi connectivity index (χ4v) is 3.28. The van der Waals surface area contributed by atoms with Gasteiger partial charge in [-0.25, -0.2) is 9.59 Å². The molecule has 3 rings (SSSR count). The highest BCUT2D eigenvalue weighted by Crippen LogP contribution is 2.31. The minimum absolute atomic E-state index is 0.218. The number of hydrogen-bond acceptors (Lipinski definition) is 7. The molecule has 0 aromatic heterocycles. The van der Waals surface area contributed by atoms with Crippen LogP contribution in [0.3, 0.4) is 0 Å². The summed E-state index contributed by atoms with van der Waals surface area (Å²) in [7, 11) is 1.24. The maximum Gasteiger partial charge on any atom is 0.338 e. The Balaban J connectivity index is 1.80. The summed E-state index contributed by atoms with van der Waals surface area (Å²) < 4.78 is 21.7. The molecule has 0 radical (unpaired) electrons. The quantitative estimate of drug-likeness (QED) is 0.744. The number of aliphatic hydroxyl groups excluding tert-OH is 1. The van der Waals surface area contributed by atoms with E-state index in [9.17, 15) is 14.7 Å². The number of hydrogen-bond donors (Lipinski definition) is 1. The van der Waals surface area contributed by atoms with Crippen LogP contribution in [-0.4, -0.2) is 48.8 Å². The molecular weight excluding hydrogens is 376 g/mol. The molecule has 0 aliphatic carbocycles. The summed E-state index contributed by atoms with van der Waals surface area (Å²) in [6.07, 6.45) is -4.47. The van der Waals surface area contributed by atoms with Gasteiger partial charge in [-0.05, 0) is 17.7 Å². The van der Waals surface area contributed by atoms with Gasteiger partial charge in [-0.15, -0.1) is 0 Å². The molecule has 1 saturated heterocycles. The first-order valence-corrected chi connectivity index (χ1v) is 9.34.